The van der Waals surface area contributed by atoms with Gasteiger partial charge in [0.2, 0.25) is 0 Å². The third-order valence-electron chi connectivity index (χ3n) is 5.62. The Hall–Kier alpha value is -3.28. The third-order valence-corrected chi connectivity index (χ3v) is 6.61. The number of primary amides is 1. The van der Waals surface area contributed by atoms with E-state index in [1.54, 1.807) is 28.9 Å². The number of fused-ring (bicyclic) bond motifs is 1. The molecular formula is C23H20F3N5O2S. The molecule has 5 rings (SSSR count). The first kappa shape index (κ1) is 22.5. The van der Waals surface area contributed by atoms with Crippen LogP contribution in [0.4, 0.5) is 13.2 Å². The second-order valence-corrected chi connectivity index (χ2v) is 9.00. The van der Waals surface area contributed by atoms with Crippen LogP contribution in [-0.2, 0) is 17.5 Å². The Balaban J connectivity index is 1.65. The maximum Gasteiger partial charge on any atom is 0.416 e. The first-order chi connectivity index (χ1) is 16.3. The van der Waals surface area contributed by atoms with Gasteiger partial charge < -0.3 is 10.5 Å². The van der Waals surface area contributed by atoms with Crippen molar-refractivity contribution in [3.8, 4) is 22.0 Å². The third kappa shape index (κ3) is 4.29. The summed E-state index contributed by atoms with van der Waals surface area (Å²) >= 11 is 1.44. The van der Waals surface area contributed by atoms with Gasteiger partial charge in [-0.25, -0.2) is 9.97 Å². The summed E-state index contributed by atoms with van der Waals surface area (Å²) in [4.78, 5) is 24.4. The zero-order valence-corrected chi connectivity index (χ0v) is 18.7. The summed E-state index contributed by atoms with van der Waals surface area (Å²) in [6, 6.07) is 8.15. The van der Waals surface area contributed by atoms with Crippen molar-refractivity contribution >= 4 is 22.9 Å². The van der Waals surface area contributed by atoms with Gasteiger partial charge in [0.1, 0.15) is 10.7 Å². The van der Waals surface area contributed by atoms with E-state index in [0.717, 1.165) is 30.1 Å². The standard InChI is InChI=1S/C23H20F3N5O2S/c24-23(25,26)15-4-1-3-14(11-15)18-19(31-6-2-5-17(20(27)32)21(31)29-18)22-28-12-16(34-22)13-30-7-9-33-10-8-30/h1-6,11-12H,7-10,13H2,(H2,27,32). The van der Waals surface area contributed by atoms with Crippen LogP contribution < -0.4 is 5.73 Å². The molecule has 1 saturated heterocycles. The quantitative estimate of drug-likeness (QED) is 0.459. The normalized spacial score (nSPS) is 15.1. The van der Waals surface area contributed by atoms with Crippen molar-refractivity contribution in [2.75, 3.05) is 26.3 Å². The van der Waals surface area contributed by atoms with Gasteiger partial charge in [0, 0.05) is 42.5 Å². The monoisotopic (exact) mass is 487 g/mol. The molecule has 0 spiro atoms. The lowest BCUT2D eigenvalue weighted by Crippen LogP contribution is -2.35. The number of nitrogens with two attached hydrogens (primary N) is 1. The van der Waals surface area contributed by atoms with E-state index >= 15 is 0 Å². The topological polar surface area (TPSA) is 85.8 Å². The van der Waals surface area contributed by atoms with Gasteiger partial charge in [0.25, 0.3) is 5.91 Å². The number of carbonyl (C=O) groups is 1. The number of ether oxygens (including phenoxy) is 1. The van der Waals surface area contributed by atoms with E-state index in [-0.39, 0.29) is 16.8 Å². The van der Waals surface area contributed by atoms with E-state index < -0.39 is 17.6 Å². The Morgan fingerprint density at radius 2 is 1.97 bits per heavy atom. The van der Waals surface area contributed by atoms with Crippen LogP contribution in [0.5, 0.6) is 0 Å². The molecule has 11 heteroatoms. The summed E-state index contributed by atoms with van der Waals surface area (Å²) in [6.45, 7) is 3.69. The minimum atomic E-state index is -4.50. The highest BCUT2D eigenvalue weighted by molar-refractivity contribution is 7.15. The SMILES string of the molecule is NC(=O)c1cccn2c(-c3ncc(CN4CCOCC4)s3)c(-c3cccc(C(F)(F)F)c3)nc12. The number of alkyl halides is 3. The van der Waals surface area contributed by atoms with E-state index in [0.29, 0.717) is 36.2 Å². The molecule has 1 amide bonds. The number of morpholine rings is 1. The van der Waals surface area contributed by atoms with E-state index in [9.17, 15) is 18.0 Å². The molecule has 0 aliphatic carbocycles. The second kappa shape index (κ2) is 8.82. The molecule has 176 valence electrons. The lowest BCUT2D eigenvalue weighted by molar-refractivity contribution is -0.137. The maximum absolute atomic E-state index is 13.4. The number of rotatable bonds is 5. The van der Waals surface area contributed by atoms with Crippen LogP contribution in [0.15, 0.2) is 48.8 Å². The number of halogens is 3. The number of hydrogen-bond donors (Lipinski definition) is 1. The molecule has 0 unspecified atom stereocenters. The van der Waals surface area contributed by atoms with Crippen molar-refractivity contribution in [3.05, 3.63) is 64.8 Å². The smallest absolute Gasteiger partial charge is 0.379 e. The fourth-order valence-corrected chi connectivity index (χ4v) is 4.98. The van der Waals surface area contributed by atoms with E-state index in [1.165, 1.54) is 23.5 Å². The van der Waals surface area contributed by atoms with Crippen LogP contribution in [0.2, 0.25) is 0 Å². The number of imidazole rings is 1. The molecule has 0 atom stereocenters. The Morgan fingerprint density at radius 3 is 2.71 bits per heavy atom. The Kier molecular flexibility index (Phi) is 5.84. The average molecular weight is 488 g/mol. The highest BCUT2D eigenvalue weighted by atomic mass is 32.1. The number of nitrogens with zero attached hydrogens (tertiary/aromatic N) is 4. The number of pyridine rings is 1. The molecule has 0 bridgehead atoms. The van der Waals surface area contributed by atoms with Crippen LogP contribution in [0.25, 0.3) is 27.6 Å². The first-order valence-electron chi connectivity index (χ1n) is 10.5. The molecule has 1 aliphatic heterocycles. The van der Waals surface area contributed by atoms with Gasteiger partial charge in [0.05, 0.1) is 30.0 Å². The number of hydrogen-bond acceptors (Lipinski definition) is 6. The minimum absolute atomic E-state index is 0.173. The molecule has 7 nitrogen and oxygen atoms in total. The number of thiazole rings is 1. The minimum Gasteiger partial charge on any atom is -0.379 e. The molecule has 0 saturated carbocycles. The highest BCUT2D eigenvalue weighted by Crippen LogP contribution is 2.38. The van der Waals surface area contributed by atoms with Crippen molar-refractivity contribution in [1.29, 1.82) is 0 Å². The summed E-state index contributed by atoms with van der Waals surface area (Å²) in [6.07, 6.45) is -1.03. The Bertz CT molecular complexity index is 1360. The van der Waals surface area contributed by atoms with Crippen molar-refractivity contribution in [2.24, 2.45) is 5.73 Å². The number of aromatic nitrogens is 3. The first-order valence-corrected chi connectivity index (χ1v) is 11.4. The fourth-order valence-electron chi connectivity index (χ4n) is 3.98. The van der Waals surface area contributed by atoms with E-state index in [2.05, 4.69) is 14.9 Å². The van der Waals surface area contributed by atoms with Crippen LogP contribution >= 0.6 is 11.3 Å². The zero-order valence-electron chi connectivity index (χ0n) is 17.9. The Labute approximate surface area is 196 Å². The molecule has 0 radical (unpaired) electrons. The molecule has 1 fully saturated rings. The predicted molar refractivity (Wildman–Crippen MR) is 121 cm³/mol. The summed E-state index contributed by atoms with van der Waals surface area (Å²) < 4.78 is 47.2. The average Bonchev–Trinajstić information content (AvgIpc) is 3.43. The molecule has 2 N–H and O–H groups in total. The highest BCUT2D eigenvalue weighted by Gasteiger charge is 2.31. The molecule has 4 aromatic rings. The fraction of sp³-hybridized carbons (Fsp3) is 0.261. The van der Waals surface area contributed by atoms with Gasteiger partial charge in [-0.05, 0) is 24.3 Å². The summed E-state index contributed by atoms with van der Waals surface area (Å²) in [7, 11) is 0. The van der Waals surface area contributed by atoms with Gasteiger partial charge >= 0.3 is 6.18 Å². The molecule has 1 aromatic carbocycles. The Morgan fingerprint density at radius 1 is 1.18 bits per heavy atom. The van der Waals surface area contributed by atoms with Crippen LogP contribution in [-0.4, -0.2) is 51.5 Å². The van der Waals surface area contributed by atoms with Crippen molar-refractivity contribution < 1.29 is 22.7 Å². The van der Waals surface area contributed by atoms with Crippen LogP contribution in [0, 0.1) is 0 Å². The van der Waals surface area contributed by atoms with Gasteiger partial charge in [-0.3, -0.25) is 14.1 Å². The van der Waals surface area contributed by atoms with Crippen LogP contribution in [0.1, 0.15) is 20.8 Å². The van der Waals surface area contributed by atoms with Gasteiger partial charge in [-0.15, -0.1) is 11.3 Å². The van der Waals surface area contributed by atoms with Crippen molar-refractivity contribution in [2.45, 2.75) is 12.7 Å². The van der Waals surface area contributed by atoms with Crippen molar-refractivity contribution in [1.82, 2.24) is 19.3 Å². The van der Waals surface area contributed by atoms with Gasteiger partial charge in [-0.1, -0.05) is 12.1 Å². The van der Waals surface area contributed by atoms with Crippen molar-refractivity contribution in [3.63, 3.8) is 0 Å². The maximum atomic E-state index is 13.4. The molecule has 1 aliphatic rings. The van der Waals surface area contributed by atoms with E-state index in [1.807, 2.05) is 0 Å². The van der Waals surface area contributed by atoms with Gasteiger partial charge in [0.15, 0.2) is 5.65 Å². The lowest BCUT2D eigenvalue weighted by atomic mass is 10.1. The zero-order chi connectivity index (χ0) is 23.9. The molecule has 34 heavy (non-hydrogen) atoms. The number of amides is 1. The molecule has 3 aromatic heterocycles. The van der Waals surface area contributed by atoms with Gasteiger partial charge in [-0.2, -0.15) is 13.2 Å². The number of carbonyl (C=O) groups excluding carboxylic acids is 1. The molecule has 4 heterocycles. The lowest BCUT2D eigenvalue weighted by Gasteiger charge is -2.25. The van der Waals surface area contributed by atoms with E-state index in [4.69, 9.17) is 10.5 Å². The second-order valence-electron chi connectivity index (χ2n) is 7.89. The van der Waals surface area contributed by atoms with Crippen LogP contribution in [0.3, 0.4) is 0 Å². The summed E-state index contributed by atoms with van der Waals surface area (Å²) in [5.41, 5.74) is 6.27. The number of benzene rings is 1. The summed E-state index contributed by atoms with van der Waals surface area (Å²) in [5.74, 6) is -0.676. The largest absolute Gasteiger partial charge is 0.416 e. The summed E-state index contributed by atoms with van der Waals surface area (Å²) in [5, 5.41) is 0.588. The molecular weight excluding hydrogens is 467 g/mol. The predicted octanol–water partition coefficient (Wildman–Crippen LogP) is 4.07.